The van der Waals surface area contributed by atoms with Crippen LogP contribution in [-0.2, 0) is 16.0 Å². The molecule has 0 aromatic carbocycles. The van der Waals surface area contributed by atoms with Crippen LogP contribution in [0.15, 0.2) is 24.5 Å². The molecule has 0 saturated carbocycles. The van der Waals surface area contributed by atoms with Gasteiger partial charge in [0.15, 0.2) is 0 Å². The summed E-state index contributed by atoms with van der Waals surface area (Å²) in [5, 5.41) is 2.58. The number of amides is 2. The molecule has 0 aliphatic rings. The van der Waals surface area contributed by atoms with Gasteiger partial charge in [-0.3, -0.25) is 14.6 Å². The quantitative estimate of drug-likeness (QED) is 0.750. The molecule has 0 unspecified atom stereocenters. The van der Waals surface area contributed by atoms with Gasteiger partial charge in [0.05, 0.1) is 12.6 Å². The second-order valence-corrected chi connectivity index (χ2v) is 5.41. The van der Waals surface area contributed by atoms with Crippen molar-refractivity contribution in [2.24, 2.45) is 11.7 Å². The van der Waals surface area contributed by atoms with E-state index in [1.807, 2.05) is 26.0 Å². The minimum atomic E-state index is -0.583. The van der Waals surface area contributed by atoms with Gasteiger partial charge < -0.3 is 16.0 Å². The Balaban J connectivity index is 2.33. The first-order chi connectivity index (χ1) is 9.91. The Hall–Kier alpha value is -1.95. The van der Waals surface area contributed by atoms with Crippen LogP contribution in [0.1, 0.15) is 19.4 Å². The van der Waals surface area contributed by atoms with Crippen molar-refractivity contribution in [2.45, 2.75) is 26.3 Å². The van der Waals surface area contributed by atoms with E-state index in [9.17, 15) is 9.59 Å². The molecule has 0 fully saturated rings. The number of hydrogen-bond donors (Lipinski definition) is 2. The van der Waals surface area contributed by atoms with Crippen LogP contribution in [0.25, 0.3) is 0 Å². The second kappa shape index (κ2) is 8.36. The fourth-order valence-corrected chi connectivity index (χ4v) is 1.69. The Morgan fingerprint density at radius 2 is 1.95 bits per heavy atom. The maximum Gasteiger partial charge on any atom is 0.241 e. The summed E-state index contributed by atoms with van der Waals surface area (Å²) < 4.78 is 0. The Morgan fingerprint density at radius 1 is 1.33 bits per heavy atom. The number of aromatic nitrogens is 1. The van der Waals surface area contributed by atoms with Crippen molar-refractivity contribution in [1.29, 1.82) is 0 Å². The summed E-state index contributed by atoms with van der Waals surface area (Å²) in [6.07, 6.45) is 4.21. The molecule has 1 aromatic heterocycles. The van der Waals surface area contributed by atoms with E-state index in [0.29, 0.717) is 6.54 Å². The molecule has 0 bridgehead atoms. The Bertz CT molecular complexity index is 462. The average molecular weight is 292 g/mol. The number of carbonyl (C=O) groups excluding carboxylic acids is 2. The van der Waals surface area contributed by atoms with Crippen molar-refractivity contribution in [3.05, 3.63) is 30.1 Å². The van der Waals surface area contributed by atoms with Crippen molar-refractivity contribution in [3.8, 4) is 0 Å². The van der Waals surface area contributed by atoms with Crippen LogP contribution in [0.4, 0.5) is 0 Å². The van der Waals surface area contributed by atoms with Crippen molar-refractivity contribution in [2.75, 3.05) is 20.1 Å². The summed E-state index contributed by atoms with van der Waals surface area (Å²) >= 11 is 0. The van der Waals surface area contributed by atoms with Gasteiger partial charge in [-0.05, 0) is 30.0 Å². The topological polar surface area (TPSA) is 88.3 Å². The summed E-state index contributed by atoms with van der Waals surface area (Å²) in [6.45, 7) is 4.31. The van der Waals surface area contributed by atoms with Gasteiger partial charge in [0.2, 0.25) is 11.8 Å². The van der Waals surface area contributed by atoms with E-state index in [1.165, 1.54) is 0 Å². The normalized spacial score (nSPS) is 12.0. The third-order valence-corrected chi connectivity index (χ3v) is 3.35. The smallest absolute Gasteiger partial charge is 0.241 e. The molecule has 0 spiro atoms. The highest BCUT2D eigenvalue weighted by atomic mass is 16.2. The predicted octanol–water partition coefficient (Wildman–Crippen LogP) is 0.182. The van der Waals surface area contributed by atoms with Crippen LogP contribution < -0.4 is 11.1 Å². The summed E-state index contributed by atoms with van der Waals surface area (Å²) in [7, 11) is 1.72. The number of rotatable bonds is 7. The summed E-state index contributed by atoms with van der Waals surface area (Å²) in [5.74, 6) is -0.376. The van der Waals surface area contributed by atoms with E-state index < -0.39 is 6.04 Å². The molecule has 1 rings (SSSR count). The summed E-state index contributed by atoms with van der Waals surface area (Å²) in [4.78, 5) is 29.1. The molecule has 0 aliphatic carbocycles. The molecule has 0 radical (unpaired) electrons. The number of nitrogens with two attached hydrogens (primary N) is 1. The molecule has 0 saturated heterocycles. The lowest BCUT2D eigenvalue weighted by Crippen LogP contribution is -2.47. The fraction of sp³-hybridized carbons (Fsp3) is 0.533. The largest absolute Gasteiger partial charge is 0.346 e. The number of pyridine rings is 1. The molecule has 21 heavy (non-hydrogen) atoms. The monoisotopic (exact) mass is 292 g/mol. The molecular formula is C15H24N4O2. The molecule has 3 N–H and O–H groups in total. The number of nitrogens with zero attached hydrogens (tertiary/aromatic N) is 2. The lowest BCUT2D eigenvalue weighted by atomic mass is 10.1. The fourth-order valence-electron chi connectivity index (χ4n) is 1.69. The highest BCUT2D eigenvalue weighted by molar-refractivity contribution is 5.87. The predicted molar refractivity (Wildman–Crippen MR) is 81.4 cm³/mol. The van der Waals surface area contributed by atoms with E-state index >= 15 is 0 Å². The number of hydrogen-bond acceptors (Lipinski definition) is 4. The molecule has 6 nitrogen and oxygen atoms in total. The third-order valence-electron chi connectivity index (χ3n) is 3.35. The van der Waals surface area contributed by atoms with Crippen molar-refractivity contribution >= 4 is 11.8 Å². The lowest BCUT2D eigenvalue weighted by molar-refractivity contribution is -0.132. The molecular weight excluding hydrogens is 268 g/mol. The Morgan fingerprint density at radius 3 is 2.52 bits per heavy atom. The van der Waals surface area contributed by atoms with Gasteiger partial charge in [0, 0.05) is 26.0 Å². The number of nitrogens with one attached hydrogen (secondary N) is 1. The van der Waals surface area contributed by atoms with Gasteiger partial charge in [-0.25, -0.2) is 0 Å². The van der Waals surface area contributed by atoms with E-state index in [4.69, 9.17) is 5.73 Å². The van der Waals surface area contributed by atoms with Crippen LogP contribution in [-0.4, -0.2) is 47.9 Å². The minimum absolute atomic E-state index is 0.0217. The molecule has 1 heterocycles. The Labute approximate surface area is 125 Å². The summed E-state index contributed by atoms with van der Waals surface area (Å²) in [5.41, 5.74) is 6.83. The highest BCUT2D eigenvalue weighted by Crippen LogP contribution is 2.00. The van der Waals surface area contributed by atoms with Crippen LogP contribution in [0.5, 0.6) is 0 Å². The molecule has 1 aromatic rings. The number of carbonyl (C=O) groups is 2. The molecule has 2 amide bonds. The van der Waals surface area contributed by atoms with Crippen molar-refractivity contribution < 1.29 is 9.59 Å². The highest BCUT2D eigenvalue weighted by Gasteiger charge is 2.18. The molecule has 1 atom stereocenters. The first-order valence-corrected chi connectivity index (χ1v) is 7.08. The molecule has 0 aliphatic heterocycles. The second-order valence-electron chi connectivity index (χ2n) is 5.41. The number of likely N-dealkylation sites (N-methyl/N-ethyl adjacent to an activating group) is 1. The van der Waals surface area contributed by atoms with Crippen LogP contribution in [0.3, 0.4) is 0 Å². The van der Waals surface area contributed by atoms with E-state index in [2.05, 4.69) is 10.3 Å². The van der Waals surface area contributed by atoms with Crippen molar-refractivity contribution in [3.63, 3.8) is 0 Å². The minimum Gasteiger partial charge on any atom is -0.346 e. The van der Waals surface area contributed by atoms with Crippen LogP contribution in [0.2, 0.25) is 0 Å². The maximum absolute atomic E-state index is 11.9. The maximum atomic E-state index is 11.9. The zero-order valence-corrected chi connectivity index (χ0v) is 12.9. The van der Waals surface area contributed by atoms with Crippen molar-refractivity contribution in [1.82, 2.24) is 15.2 Å². The molecule has 6 heteroatoms. The van der Waals surface area contributed by atoms with E-state index in [1.54, 1.807) is 24.3 Å². The molecule has 116 valence electrons. The van der Waals surface area contributed by atoms with Gasteiger partial charge in [-0.15, -0.1) is 0 Å². The summed E-state index contributed by atoms with van der Waals surface area (Å²) in [6, 6.07) is 3.25. The van der Waals surface area contributed by atoms with Gasteiger partial charge in [-0.1, -0.05) is 13.8 Å². The van der Waals surface area contributed by atoms with E-state index in [-0.39, 0.29) is 24.3 Å². The van der Waals surface area contributed by atoms with Gasteiger partial charge in [0.1, 0.15) is 0 Å². The standard InChI is InChI=1S/C15H24N4O2/c1-11(2)14(16)15(21)18-10-13(20)19(3)9-6-12-4-7-17-8-5-12/h4-5,7-8,11,14H,6,9-10,16H2,1-3H3,(H,18,21)/t14-/m0/s1. The van der Waals surface area contributed by atoms with Gasteiger partial charge in [0.25, 0.3) is 0 Å². The van der Waals surface area contributed by atoms with Crippen LogP contribution in [0, 0.1) is 5.92 Å². The first-order valence-electron chi connectivity index (χ1n) is 7.08. The zero-order valence-electron chi connectivity index (χ0n) is 12.9. The third kappa shape index (κ3) is 5.91. The SMILES string of the molecule is CC(C)[C@H](N)C(=O)NCC(=O)N(C)CCc1ccncc1. The first kappa shape index (κ1) is 17.1. The van der Waals surface area contributed by atoms with Gasteiger partial charge >= 0.3 is 0 Å². The van der Waals surface area contributed by atoms with Crippen LogP contribution >= 0.6 is 0 Å². The van der Waals surface area contributed by atoms with Gasteiger partial charge in [-0.2, -0.15) is 0 Å². The Kier molecular flexibility index (Phi) is 6.81. The zero-order chi connectivity index (χ0) is 15.8. The lowest BCUT2D eigenvalue weighted by Gasteiger charge is -2.19. The van der Waals surface area contributed by atoms with E-state index in [0.717, 1.165) is 12.0 Å². The average Bonchev–Trinajstić information content (AvgIpc) is 2.49.